The second-order valence-corrected chi connectivity index (χ2v) is 5.44. The van der Waals surface area contributed by atoms with Gasteiger partial charge in [0.15, 0.2) is 0 Å². The zero-order valence-corrected chi connectivity index (χ0v) is 12.8. The summed E-state index contributed by atoms with van der Waals surface area (Å²) in [4.78, 5) is 11.5. The SMILES string of the molecule is COCCNC(=O)CSCc1ccc(-n2cccn2)cc1. The van der Waals surface area contributed by atoms with E-state index in [1.807, 2.05) is 29.1 Å². The van der Waals surface area contributed by atoms with Gasteiger partial charge in [-0.3, -0.25) is 4.79 Å². The molecule has 1 amide bonds. The van der Waals surface area contributed by atoms with Crippen LogP contribution < -0.4 is 5.32 Å². The highest BCUT2D eigenvalue weighted by Gasteiger charge is 2.02. The zero-order chi connectivity index (χ0) is 14.9. The van der Waals surface area contributed by atoms with Gasteiger partial charge in [-0.25, -0.2) is 4.68 Å². The molecule has 0 aliphatic heterocycles. The highest BCUT2D eigenvalue weighted by Crippen LogP contribution is 2.14. The van der Waals surface area contributed by atoms with Crippen molar-refractivity contribution < 1.29 is 9.53 Å². The number of hydrogen-bond acceptors (Lipinski definition) is 4. The Bertz CT molecular complexity index is 541. The van der Waals surface area contributed by atoms with Crippen LogP contribution in [0.5, 0.6) is 0 Å². The molecule has 1 N–H and O–H groups in total. The average Bonchev–Trinajstić information content (AvgIpc) is 3.02. The molecule has 2 aromatic rings. The quantitative estimate of drug-likeness (QED) is 0.757. The summed E-state index contributed by atoms with van der Waals surface area (Å²) in [5, 5.41) is 6.99. The number of aromatic nitrogens is 2. The molecule has 1 aromatic carbocycles. The molecule has 0 bridgehead atoms. The van der Waals surface area contributed by atoms with E-state index in [1.165, 1.54) is 5.56 Å². The van der Waals surface area contributed by atoms with E-state index >= 15 is 0 Å². The summed E-state index contributed by atoms with van der Waals surface area (Å²) in [6.45, 7) is 1.11. The summed E-state index contributed by atoms with van der Waals surface area (Å²) in [5.41, 5.74) is 2.23. The van der Waals surface area contributed by atoms with Crippen molar-refractivity contribution in [2.24, 2.45) is 0 Å². The average molecular weight is 305 g/mol. The third-order valence-electron chi connectivity index (χ3n) is 2.84. The summed E-state index contributed by atoms with van der Waals surface area (Å²) in [5.74, 6) is 1.33. The van der Waals surface area contributed by atoms with E-state index in [0.29, 0.717) is 18.9 Å². The van der Waals surface area contributed by atoms with Gasteiger partial charge < -0.3 is 10.1 Å². The Balaban J connectivity index is 1.73. The minimum Gasteiger partial charge on any atom is -0.383 e. The summed E-state index contributed by atoms with van der Waals surface area (Å²) in [7, 11) is 1.62. The van der Waals surface area contributed by atoms with Crippen LogP contribution in [-0.4, -0.2) is 41.7 Å². The first-order chi connectivity index (χ1) is 10.3. The molecular formula is C15H19N3O2S. The van der Waals surface area contributed by atoms with Crippen molar-refractivity contribution in [3.8, 4) is 5.69 Å². The molecule has 2 rings (SSSR count). The zero-order valence-electron chi connectivity index (χ0n) is 12.0. The van der Waals surface area contributed by atoms with E-state index in [2.05, 4.69) is 22.5 Å². The smallest absolute Gasteiger partial charge is 0.230 e. The van der Waals surface area contributed by atoms with Crippen molar-refractivity contribution in [1.29, 1.82) is 0 Å². The first-order valence-electron chi connectivity index (χ1n) is 6.72. The summed E-state index contributed by atoms with van der Waals surface area (Å²) in [6.07, 6.45) is 3.67. The van der Waals surface area contributed by atoms with Gasteiger partial charge in [0.2, 0.25) is 5.91 Å². The molecule has 21 heavy (non-hydrogen) atoms. The highest BCUT2D eigenvalue weighted by atomic mass is 32.2. The third-order valence-corrected chi connectivity index (χ3v) is 3.84. The van der Waals surface area contributed by atoms with E-state index in [9.17, 15) is 4.79 Å². The molecule has 0 aliphatic carbocycles. The van der Waals surface area contributed by atoms with Crippen molar-refractivity contribution >= 4 is 17.7 Å². The van der Waals surface area contributed by atoms with Crippen LogP contribution in [0.3, 0.4) is 0 Å². The Morgan fingerprint density at radius 1 is 1.38 bits per heavy atom. The Labute approximate surface area is 128 Å². The molecule has 0 spiro atoms. The van der Waals surface area contributed by atoms with Crippen molar-refractivity contribution in [2.45, 2.75) is 5.75 Å². The van der Waals surface area contributed by atoms with Gasteiger partial charge in [-0.2, -0.15) is 5.10 Å². The van der Waals surface area contributed by atoms with Crippen LogP contribution in [0.2, 0.25) is 0 Å². The fourth-order valence-electron chi connectivity index (χ4n) is 1.77. The van der Waals surface area contributed by atoms with Gasteiger partial charge in [0.05, 0.1) is 18.0 Å². The molecule has 1 aromatic heterocycles. The van der Waals surface area contributed by atoms with Crippen LogP contribution in [0.1, 0.15) is 5.56 Å². The maximum Gasteiger partial charge on any atom is 0.230 e. The Hall–Kier alpha value is -1.79. The first kappa shape index (κ1) is 15.6. The van der Waals surface area contributed by atoms with E-state index in [0.717, 1.165) is 11.4 Å². The number of amides is 1. The topological polar surface area (TPSA) is 56.1 Å². The van der Waals surface area contributed by atoms with Crippen LogP contribution in [-0.2, 0) is 15.3 Å². The molecule has 0 unspecified atom stereocenters. The van der Waals surface area contributed by atoms with E-state index in [1.54, 1.807) is 25.1 Å². The maximum atomic E-state index is 11.5. The molecule has 0 aliphatic rings. The van der Waals surface area contributed by atoms with Gasteiger partial charge in [-0.15, -0.1) is 11.8 Å². The number of methoxy groups -OCH3 is 1. The number of carbonyl (C=O) groups excluding carboxylic acids is 1. The van der Waals surface area contributed by atoms with Crippen molar-refractivity contribution in [1.82, 2.24) is 15.1 Å². The fraction of sp³-hybridized carbons (Fsp3) is 0.333. The van der Waals surface area contributed by atoms with Crippen molar-refractivity contribution in [3.63, 3.8) is 0 Å². The normalized spacial score (nSPS) is 10.5. The number of ether oxygens (including phenoxy) is 1. The van der Waals surface area contributed by atoms with E-state index in [4.69, 9.17) is 4.74 Å². The number of carbonyl (C=O) groups is 1. The first-order valence-corrected chi connectivity index (χ1v) is 7.87. The molecule has 112 valence electrons. The predicted octanol–water partition coefficient (Wildman–Crippen LogP) is 1.87. The van der Waals surface area contributed by atoms with Crippen molar-refractivity contribution in [3.05, 3.63) is 48.3 Å². The lowest BCUT2D eigenvalue weighted by atomic mass is 10.2. The van der Waals surface area contributed by atoms with Gasteiger partial charge in [0.25, 0.3) is 0 Å². The van der Waals surface area contributed by atoms with Crippen LogP contribution in [0.25, 0.3) is 5.69 Å². The van der Waals surface area contributed by atoms with E-state index in [-0.39, 0.29) is 5.91 Å². The van der Waals surface area contributed by atoms with Gasteiger partial charge >= 0.3 is 0 Å². The largest absolute Gasteiger partial charge is 0.383 e. The van der Waals surface area contributed by atoms with Crippen LogP contribution in [0, 0.1) is 0 Å². The number of nitrogens with one attached hydrogen (secondary N) is 1. The summed E-state index contributed by atoms with van der Waals surface area (Å²) >= 11 is 1.60. The summed E-state index contributed by atoms with van der Waals surface area (Å²) in [6, 6.07) is 10.1. The number of benzene rings is 1. The maximum absolute atomic E-state index is 11.5. The lowest BCUT2D eigenvalue weighted by Crippen LogP contribution is -2.28. The lowest BCUT2D eigenvalue weighted by Gasteiger charge is -2.06. The lowest BCUT2D eigenvalue weighted by molar-refractivity contribution is -0.118. The van der Waals surface area contributed by atoms with Crippen molar-refractivity contribution in [2.75, 3.05) is 26.0 Å². The highest BCUT2D eigenvalue weighted by molar-refractivity contribution is 7.99. The van der Waals surface area contributed by atoms with Crippen LogP contribution in [0.4, 0.5) is 0 Å². The molecular weight excluding hydrogens is 286 g/mol. The molecule has 5 nitrogen and oxygen atoms in total. The predicted molar refractivity (Wildman–Crippen MR) is 84.6 cm³/mol. The molecule has 0 saturated carbocycles. The molecule has 0 saturated heterocycles. The summed E-state index contributed by atoms with van der Waals surface area (Å²) < 4.78 is 6.70. The minimum atomic E-state index is 0.0465. The Kier molecular flexibility index (Phi) is 6.30. The number of thioether (sulfide) groups is 1. The second kappa shape index (κ2) is 8.49. The second-order valence-electron chi connectivity index (χ2n) is 4.45. The Morgan fingerprint density at radius 3 is 2.86 bits per heavy atom. The van der Waals surface area contributed by atoms with Crippen LogP contribution >= 0.6 is 11.8 Å². The molecule has 6 heteroatoms. The number of rotatable bonds is 8. The van der Waals surface area contributed by atoms with Gasteiger partial charge in [-0.05, 0) is 23.8 Å². The molecule has 0 atom stereocenters. The fourth-order valence-corrected chi connectivity index (χ4v) is 2.59. The monoisotopic (exact) mass is 305 g/mol. The third kappa shape index (κ3) is 5.24. The molecule has 0 radical (unpaired) electrons. The number of hydrogen-bond donors (Lipinski definition) is 1. The minimum absolute atomic E-state index is 0.0465. The van der Waals surface area contributed by atoms with E-state index < -0.39 is 0 Å². The molecule has 1 heterocycles. The molecule has 0 fully saturated rings. The van der Waals surface area contributed by atoms with Gasteiger partial charge in [0, 0.05) is 31.8 Å². The number of nitrogens with zero attached hydrogens (tertiary/aromatic N) is 2. The van der Waals surface area contributed by atoms with Gasteiger partial charge in [-0.1, -0.05) is 12.1 Å². The Morgan fingerprint density at radius 2 is 2.19 bits per heavy atom. The van der Waals surface area contributed by atoms with Crippen LogP contribution in [0.15, 0.2) is 42.7 Å². The standard InChI is InChI=1S/C15H19N3O2S/c1-20-10-8-16-15(19)12-21-11-13-3-5-14(6-4-13)18-9-2-7-17-18/h2-7,9H,8,10-12H2,1H3,(H,16,19). The van der Waals surface area contributed by atoms with Gasteiger partial charge in [0.1, 0.15) is 0 Å².